The lowest BCUT2D eigenvalue weighted by Gasteiger charge is -2.36. The molecule has 0 spiro atoms. The summed E-state index contributed by atoms with van der Waals surface area (Å²) in [5.41, 5.74) is 5.84. The molecule has 6 heteroatoms. The fraction of sp³-hybridized carbons (Fsp3) is 0. The summed E-state index contributed by atoms with van der Waals surface area (Å²) in [5.74, 6) is 0. The summed E-state index contributed by atoms with van der Waals surface area (Å²) in [6, 6.07) is 28.3. The van der Waals surface area contributed by atoms with Crippen LogP contribution in [0.4, 0.5) is 11.4 Å². The van der Waals surface area contributed by atoms with E-state index in [9.17, 15) is 0 Å². The third kappa shape index (κ3) is 2.67. The van der Waals surface area contributed by atoms with Gasteiger partial charge in [-0.2, -0.15) is 0 Å². The molecule has 0 radical (unpaired) electrons. The van der Waals surface area contributed by atoms with Crippen molar-refractivity contribution in [2.24, 2.45) is 0 Å². The number of hydrogen-bond acceptors (Lipinski definition) is 4. The van der Waals surface area contributed by atoms with Crippen molar-refractivity contribution in [1.82, 2.24) is 0 Å². The molecule has 0 unspecified atom stereocenters. The highest BCUT2D eigenvalue weighted by atomic mass is 32.1. The molecule has 0 N–H and O–H groups in total. The van der Waals surface area contributed by atoms with Gasteiger partial charge in [0.25, 0.3) is 0 Å². The van der Waals surface area contributed by atoms with Gasteiger partial charge in [-0.05, 0) is 24.3 Å². The van der Waals surface area contributed by atoms with Gasteiger partial charge in [-0.25, -0.2) is 0 Å². The topological polar surface area (TPSA) is 6.48 Å². The molecule has 2 nitrogen and oxygen atoms in total. The normalized spacial score (nSPS) is 15.0. The molecule has 4 aromatic rings. The highest BCUT2D eigenvalue weighted by molar-refractivity contribution is 7.83. The maximum Gasteiger partial charge on any atom is 0.119 e. The summed E-state index contributed by atoms with van der Waals surface area (Å²) in [7, 11) is 0. The van der Waals surface area contributed by atoms with Crippen LogP contribution in [0.25, 0.3) is 10.8 Å². The largest absolute Gasteiger partial charge is 0.291 e. The monoisotopic (exact) mass is 482 g/mol. The second-order valence-corrected chi connectivity index (χ2v) is 9.18. The Morgan fingerprint density at radius 2 is 0.656 bits per heavy atom. The molecule has 2 aliphatic heterocycles. The first-order chi connectivity index (χ1) is 15.6. The standard InChI is InChI=1S/C26H14N2S4/c29-23-17-11-13-19-22-20(26(32)28(25(19)31)16-9-5-2-6-10-16)14-12-18(21(17)22)24(30)27(23)15-7-3-1-4-8-15/h1-14H. The molecule has 2 heterocycles. The number of nitrogens with zero attached hydrogens (tertiary/aromatic N) is 2. The zero-order valence-electron chi connectivity index (χ0n) is 16.6. The highest BCUT2D eigenvalue weighted by Crippen LogP contribution is 2.41. The molecule has 32 heavy (non-hydrogen) atoms. The van der Waals surface area contributed by atoms with Crippen molar-refractivity contribution >= 4 is 91.0 Å². The van der Waals surface area contributed by atoms with Crippen LogP contribution in [0.15, 0.2) is 84.9 Å². The van der Waals surface area contributed by atoms with E-state index in [1.165, 1.54) is 0 Å². The first-order valence-electron chi connectivity index (χ1n) is 10.1. The molecule has 2 aliphatic rings. The van der Waals surface area contributed by atoms with Gasteiger partial charge >= 0.3 is 0 Å². The predicted octanol–water partition coefficient (Wildman–Crippen LogP) is 6.58. The Morgan fingerprint density at radius 3 is 0.938 bits per heavy atom. The third-order valence-corrected chi connectivity index (χ3v) is 7.53. The number of benzene rings is 4. The van der Waals surface area contributed by atoms with Gasteiger partial charge < -0.3 is 0 Å². The van der Waals surface area contributed by atoms with E-state index in [4.69, 9.17) is 48.9 Å². The van der Waals surface area contributed by atoms with E-state index < -0.39 is 0 Å². The number of rotatable bonds is 2. The quantitative estimate of drug-likeness (QED) is 0.296. The van der Waals surface area contributed by atoms with Crippen molar-refractivity contribution in [3.05, 3.63) is 107 Å². The van der Waals surface area contributed by atoms with Gasteiger partial charge in [0.1, 0.15) is 20.0 Å². The number of para-hydroxylation sites is 2. The van der Waals surface area contributed by atoms with Crippen molar-refractivity contribution < 1.29 is 0 Å². The second kappa shape index (κ2) is 7.32. The summed E-state index contributed by atoms with van der Waals surface area (Å²) >= 11 is 23.7. The van der Waals surface area contributed by atoms with Crippen LogP contribution in [-0.2, 0) is 0 Å². The van der Waals surface area contributed by atoms with E-state index >= 15 is 0 Å². The molecule has 0 aliphatic carbocycles. The molecule has 0 aromatic heterocycles. The Balaban J connectivity index is 1.59. The van der Waals surface area contributed by atoms with Crippen LogP contribution in [-0.4, -0.2) is 20.0 Å². The van der Waals surface area contributed by atoms with E-state index in [1.807, 2.05) is 70.5 Å². The fourth-order valence-corrected chi connectivity index (χ4v) is 6.08. The zero-order chi connectivity index (χ0) is 22.0. The Labute approximate surface area is 207 Å². The smallest absolute Gasteiger partial charge is 0.119 e. The maximum atomic E-state index is 5.94. The summed E-state index contributed by atoms with van der Waals surface area (Å²) < 4.78 is 0. The van der Waals surface area contributed by atoms with Crippen molar-refractivity contribution in [3.63, 3.8) is 0 Å². The lowest BCUT2D eigenvalue weighted by Crippen LogP contribution is -2.42. The predicted molar refractivity (Wildman–Crippen MR) is 149 cm³/mol. The second-order valence-electron chi connectivity index (χ2n) is 7.63. The minimum absolute atomic E-state index is 0.694. The molecule has 0 saturated carbocycles. The molecular formula is C26H14N2S4. The van der Waals surface area contributed by atoms with Crippen molar-refractivity contribution in [2.45, 2.75) is 0 Å². The molecule has 0 saturated heterocycles. The van der Waals surface area contributed by atoms with Crippen molar-refractivity contribution in [1.29, 1.82) is 0 Å². The SMILES string of the molecule is S=C1c2ccc3c4c(ccc(c24)C(=S)N1c1ccccc1)C(=S)N(c1ccccc1)C3=S. The molecule has 6 rings (SSSR count). The van der Waals surface area contributed by atoms with Crippen LogP contribution >= 0.6 is 48.9 Å². The average Bonchev–Trinajstić information content (AvgIpc) is 2.83. The average molecular weight is 483 g/mol. The molecule has 152 valence electrons. The first-order valence-corrected chi connectivity index (χ1v) is 11.7. The molecule has 0 bridgehead atoms. The van der Waals surface area contributed by atoms with E-state index in [-0.39, 0.29) is 0 Å². The Morgan fingerprint density at radius 1 is 0.375 bits per heavy atom. The minimum Gasteiger partial charge on any atom is -0.291 e. The van der Waals surface area contributed by atoms with E-state index in [1.54, 1.807) is 0 Å². The lowest BCUT2D eigenvalue weighted by atomic mass is 9.86. The molecule has 4 aromatic carbocycles. The van der Waals surface area contributed by atoms with Gasteiger partial charge in [-0.15, -0.1) is 0 Å². The number of hydrogen-bond donors (Lipinski definition) is 0. The van der Waals surface area contributed by atoms with Crippen LogP contribution in [0.3, 0.4) is 0 Å². The van der Waals surface area contributed by atoms with Crippen LogP contribution in [0.2, 0.25) is 0 Å². The van der Waals surface area contributed by atoms with Crippen LogP contribution in [0.5, 0.6) is 0 Å². The van der Waals surface area contributed by atoms with E-state index in [0.29, 0.717) is 20.0 Å². The number of anilines is 2. The molecule has 0 atom stereocenters. The zero-order valence-corrected chi connectivity index (χ0v) is 19.9. The molecular weight excluding hydrogens is 469 g/mol. The summed E-state index contributed by atoms with van der Waals surface area (Å²) in [6.07, 6.45) is 0. The Bertz CT molecular complexity index is 1310. The van der Waals surface area contributed by atoms with Crippen LogP contribution < -0.4 is 9.80 Å². The summed E-state index contributed by atoms with van der Waals surface area (Å²) in [5, 5.41) is 2.08. The Hall–Kier alpha value is -2.90. The van der Waals surface area contributed by atoms with Crippen molar-refractivity contribution in [3.8, 4) is 0 Å². The van der Waals surface area contributed by atoms with Gasteiger partial charge in [0, 0.05) is 44.4 Å². The van der Waals surface area contributed by atoms with Gasteiger partial charge in [-0.3, -0.25) is 9.80 Å². The van der Waals surface area contributed by atoms with Gasteiger partial charge in [-0.1, -0.05) is 110 Å². The van der Waals surface area contributed by atoms with Crippen LogP contribution in [0.1, 0.15) is 22.3 Å². The minimum atomic E-state index is 0.694. The van der Waals surface area contributed by atoms with Gasteiger partial charge in [0.15, 0.2) is 0 Å². The fourth-order valence-electron chi connectivity index (χ4n) is 4.50. The van der Waals surface area contributed by atoms with E-state index in [2.05, 4.69) is 24.3 Å². The van der Waals surface area contributed by atoms with Crippen molar-refractivity contribution in [2.75, 3.05) is 9.80 Å². The van der Waals surface area contributed by atoms with Crippen LogP contribution in [0, 0.1) is 0 Å². The number of thiocarbonyl (C=S) groups is 4. The summed E-state index contributed by atoms with van der Waals surface area (Å²) in [4.78, 5) is 6.72. The lowest BCUT2D eigenvalue weighted by molar-refractivity contribution is 1.41. The summed E-state index contributed by atoms with van der Waals surface area (Å²) in [6.45, 7) is 0. The van der Waals surface area contributed by atoms with Gasteiger partial charge in [0.2, 0.25) is 0 Å². The third-order valence-electron chi connectivity index (χ3n) is 5.92. The molecule has 0 amide bonds. The maximum absolute atomic E-state index is 5.94. The van der Waals surface area contributed by atoms with Gasteiger partial charge in [0.05, 0.1) is 0 Å². The highest BCUT2D eigenvalue weighted by Gasteiger charge is 2.35. The van der Waals surface area contributed by atoms with E-state index in [0.717, 1.165) is 44.4 Å². The first kappa shape index (κ1) is 19.8. The Kier molecular flexibility index (Phi) is 4.52. The molecule has 0 fully saturated rings.